The number of hydrogen-bond donors (Lipinski definition) is 2. The van der Waals surface area contributed by atoms with Crippen LogP contribution in [-0.2, 0) is 42.4 Å². The largest absolute Gasteiger partial charge is 0.500 e. The molecule has 3 aliphatic rings. The Hall–Kier alpha value is -3.64. The van der Waals surface area contributed by atoms with Crippen LogP contribution in [0.15, 0.2) is 14.4 Å². The summed E-state index contributed by atoms with van der Waals surface area (Å²) >= 11 is 0. The Morgan fingerprint density at radius 3 is 1.60 bits per heavy atom. The monoisotopic (exact) mass is 888 g/mol. The van der Waals surface area contributed by atoms with Crippen LogP contribution >= 0.6 is 0 Å². The van der Waals surface area contributed by atoms with Gasteiger partial charge in [-0.15, -0.1) is 0 Å². The quantitative estimate of drug-likeness (QED) is 0.0871. The molecule has 4 rings (SSSR count). The van der Waals surface area contributed by atoms with E-state index in [2.05, 4.69) is 59.1 Å². The first-order valence-corrected chi connectivity index (χ1v) is 24.8. The summed E-state index contributed by atoms with van der Waals surface area (Å²) in [4.78, 5) is 57.4. The first kappa shape index (κ1) is 51.0. The van der Waals surface area contributed by atoms with E-state index in [9.17, 15) is 29.7 Å². The Bertz CT molecular complexity index is 1860. The van der Waals surface area contributed by atoms with Crippen LogP contribution in [0.5, 0.6) is 0 Å². The minimum atomic E-state index is -2.82. The van der Waals surface area contributed by atoms with Gasteiger partial charge in [-0.3, -0.25) is 0 Å². The van der Waals surface area contributed by atoms with Gasteiger partial charge in [-0.05, 0) is 117 Å². The molecule has 3 saturated carbocycles. The highest BCUT2D eigenvalue weighted by Gasteiger charge is 2.47. The molecule has 0 radical (unpaired) electrons. The third-order valence-corrected chi connectivity index (χ3v) is 16.7. The normalized spacial score (nSPS) is 29.2. The maximum atomic E-state index is 14.7. The average molecular weight is 888 g/mol. The predicted octanol–water partition coefficient (Wildman–Crippen LogP) is 6.52. The molecular weight excluding hydrogens is 811 g/mol. The zero-order chi connectivity index (χ0) is 46.3. The van der Waals surface area contributed by atoms with E-state index >= 15 is 0 Å². The lowest BCUT2D eigenvalue weighted by Crippen LogP contribution is -2.59. The second-order valence-corrected chi connectivity index (χ2v) is 24.3. The van der Waals surface area contributed by atoms with Crippen molar-refractivity contribution >= 4 is 14.8 Å². The molecule has 2 amide bonds. The number of carbonyl (C=O) groups is 1. The Kier molecular flexibility index (Phi) is 16.8. The van der Waals surface area contributed by atoms with Crippen LogP contribution in [-0.4, -0.2) is 73.2 Å². The highest BCUT2D eigenvalue weighted by Crippen LogP contribution is 2.49. The number of nitrogens with zero attached hydrogens (tertiary/aromatic N) is 5. The van der Waals surface area contributed by atoms with E-state index in [-0.39, 0.29) is 66.6 Å². The maximum absolute atomic E-state index is 14.7. The van der Waals surface area contributed by atoms with Gasteiger partial charge in [0.05, 0.1) is 0 Å². The molecular formula is C45H77N7O9Si. The minimum absolute atomic E-state index is 0.000437. The number of aromatic nitrogens is 3. The molecule has 62 heavy (non-hydrogen) atoms. The molecule has 7 unspecified atom stereocenters. The third-order valence-electron chi connectivity index (χ3n) is 13.6. The standard InChI is InChI=1S/C45H77N7O9Si/c1-13-59-62(60-14-2,61-15-3)18-16-17-48-37(53)49-33-19-32(4)36(43(9,10)20-33)25-50-38(54)51(28-44(11)23-34(57-30-46)21-41(5,6)26-44)40(56)52(39(50)55)29-45(12)24-35(58-31-47)22-42(7,8)27-45/h32-36H,13-29H2,1-12H3,(H2,48,49,53). The van der Waals surface area contributed by atoms with Crippen LogP contribution in [0.25, 0.3) is 0 Å². The van der Waals surface area contributed by atoms with Gasteiger partial charge >= 0.3 is 31.9 Å². The molecule has 2 N–H and O–H groups in total. The Labute approximate surface area is 370 Å². The van der Waals surface area contributed by atoms with Crippen molar-refractivity contribution in [3.63, 3.8) is 0 Å². The molecule has 16 nitrogen and oxygen atoms in total. The summed E-state index contributed by atoms with van der Waals surface area (Å²) < 4.78 is 32.6. The summed E-state index contributed by atoms with van der Waals surface area (Å²) in [5, 5.41) is 25.0. The highest BCUT2D eigenvalue weighted by molar-refractivity contribution is 6.60. The summed E-state index contributed by atoms with van der Waals surface area (Å²) in [6.07, 6.45) is 8.49. The van der Waals surface area contributed by atoms with E-state index in [4.69, 9.17) is 22.8 Å². The fraction of sp³-hybridized carbons (Fsp3) is 0.867. The van der Waals surface area contributed by atoms with Crippen LogP contribution in [0, 0.1) is 61.9 Å². The molecule has 1 aromatic rings. The number of ether oxygens (including phenoxy) is 2. The number of amides is 2. The van der Waals surface area contributed by atoms with Gasteiger partial charge < -0.3 is 33.4 Å². The summed E-state index contributed by atoms with van der Waals surface area (Å²) in [7, 11) is -2.82. The van der Waals surface area contributed by atoms with Crippen molar-refractivity contribution in [1.82, 2.24) is 24.3 Å². The lowest BCUT2D eigenvalue weighted by atomic mass is 9.62. The Balaban J connectivity index is 1.63. The number of nitrogens with one attached hydrogen (secondary N) is 2. The molecule has 7 atom stereocenters. The highest BCUT2D eigenvalue weighted by atomic mass is 28.4. The molecule has 0 saturated heterocycles. The van der Waals surface area contributed by atoms with E-state index in [1.807, 2.05) is 47.1 Å². The zero-order valence-electron chi connectivity index (χ0n) is 39.8. The molecule has 0 aliphatic heterocycles. The first-order valence-electron chi connectivity index (χ1n) is 22.9. The van der Waals surface area contributed by atoms with Gasteiger partial charge in [0.25, 0.3) is 12.5 Å². The second kappa shape index (κ2) is 20.5. The van der Waals surface area contributed by atoms with E-state index in [1.165, 1.54) is 13.7 Å². The SMILES string of the molecule is CCO[Si](CCCNC(=O)NC1CC(C)C(Cn2c(=O)n(CC3(C)CC(OC#N)CC(C)(C)C3)c(=O)n(CC3(C)CC(OC#N)CC(C)(C)C3)c2=O)C(C)(C)C1)(OCC)OCC. The van der Waals surface area contributed by atoms with Crippen LogP contribution in [0.2, 0.25) is 6.04 Å². The molecule has 1 aromatic heterocycles. The van der Waals surface area contributed by atoms with Crippen molar-refractivity contribution in [2.75, 3.05) is 26.4 Å². The van der Waals surface area contributed by atoms with Crippen LogP contribution < -0.4 is 27.7 Å². The molecule has 17 heteroatoms. The summed E-state index contributed by atoms with van der Waals surface area (Å²) in [5.74, 6) is -0.141. The molecule has 0 spiro atoms. The number of hydrogen-bond acceptors (Lipinski definition) is 11. The lowest BCUT2D eigenvalue weighted by molar-refractivity contribution is -0.0237. The number of nitriles is 2. The van der Waals surface area contributed by atoms with E-state index < -0.39 is 42.1 Å². The van der Waals surface area contributed by atoms with Gasteiger partial charge in [0.1, 0.15) is 12.2 Å². The van der Waals surface area contributed by atoms with E-state index in [0.717, 1.165) is 0 Å². The van der Waals surface area contributed by atoms with Crippen molar-refractivity contribution in [2.24, 2.45) is 38.9 Å². The van der Waals surface area contributed by atoms with Gasteiger partial charge in [0, 0.05) is 58.1 Å². The fourth-order valence-corrected chi connectivity index (χ4v) is 14.8. The fourth-order valence-electron chi connectivity index (χ4n) is 12.2. The lowest BCUT2D eigenvalue weighted by Gasteiger charge is -2.47. The molecule has 3 fully saturated rings. The maximum Gasteiger partial charge on any atom is 0.500 e. The summed E-state index contributed by atoms with van der Waals surface area (Å²) in [6.45, 7) is 26.6. The van der Waals surface area contributed by atoms with Crippen LogP contribution in [0.3, 0.4) is 0 Å². The van der Waals surface area contributed by atoms with Crippen molar-refractivity contribution in [1.29, 1.82) is 10.5 Å². The molecule has 1 heterocycles. The molecule has 0 bridgehead atoms. The number of urea groups is 1. The van der Waals surface area contributed by atoms with Gasteiger partial charge in [0.15, 0.2) is 0 Å². The number of carbonyl (C=O) groups excluding carboxylic acids is 1. The van der Waals surface area contributed by atoms with Crippen LogP contribution in [0.4, 0.5) is 4.79 Å². The topological polar surface area (TPSA) is 201 Å². The summed E-state index contributed by atoms with van der Waals surface area (Å²) in [5.41, 5.74) is -4.00. The van der Waals surface area contributed by atoms with Gasteiger partial charge in [-0.1, -0.05) is 62.3 Å². The van der Waals surface area contributed by atoms with Crippen molar-refractivity contribution < 1.29 is 27.5 Å². The molecule has 350 valence electrons. The third kappa shape index (κ3) is 13.0. The minimum Gasteiger partial charge on any atom is -0.424 e. The van der Waals surface area contributed by atoms with Gasteiger partial charge in [-0.25, -0.2) is 32.9 Å². The second-order valence-electron chi connectivity index (χ2n) is 21.6. The van der Waals surface area contributed by atoms with Gasteiger partial charge in [0.2, 0.25) is 0 Å². The first-order chi connectivity index (χ1) is 28.9. The van der Waals surface area contributed by atoms with Crippen LogP contribution in [0.1, 0.15) is 141 Å². The Morgan fingerprint density at radius 1 is 0.726 bits per heavy atom. The summed E-state index contributed by atoms with van der Waals surface area (Å²) in [6, 6.07) is 0.189. The van der Waals surface area contributed by atoms with Crippen molar-refractivity contribution in [3.8, 4) is 12.5 Å². The smallest absolute Gasteiger partial charge is 0.424 e. The molecule has 0 aromatic carbocycles. The Morgan fingerprint density at radius 2 is 1.18 bits per heavy atom. The average Bonchev–Trinajstić information content (AvgIpc) is 3.12. The van der Waals surface area contributed by atoms with E-state index in [0.29, 0.717) is 90.2 Å². The predicted molar refractivity (Wildman–Crippen MR) is 238 cm³/mol. The number of rotatable bonds is 19. The van der Waals surface area contributed by atoms with Gasteiger partial charge in [-0.2, -0.15) is 10.5 Å². The van der Waals surface area contributed by atoms with Crippen molar-refractivity contribution in [3.05, 3.63) is 31.5 Å². The molecule has 3 aliphatic carbocycles. The van der Waals surface area contributed by atoms with E-state index in [1.54, 1.807) is 0 Å². The van der Waals surface area contributed by atoms with Crippen molar-refractivity contribution in [2.45, 2.75) is 185 Å². The zero-order valence-corrected chi connectivity index (χ0v) is 40.8.